The summed E-state index contributed by atoms with van der Waals surface area (Å²) in [4.78, 5) is 12.8. The number of carbonyl (C=O) groups is 1. The maximum atomic E-state index is 12.8. The minimum absolute atomic E-state index is 0.146. The topological polar surface area (TPSA) is 61.7 Å². The Morgan fingerprint density at radius 3 is 2.48 bits per heavy atom. The van der Waals surface area contributed by atoms with Crippen molar-refractivity contribution in [1.29, 1.82) is 0 Å². The molecule has 0 unspecified atom stereocenters. The van der Waals surface area contributed by atoms with Gasteiger partial charge in [-0.15, -0.1) is 0 Å². The quantitative estimate of drug-likeness (QED) is 0.416. The molecule has 4 nitrogen and oxygen atoms in total. The average molecular weight is 330 g/mol. The van der Waals surface area contributed by atoms with E-state index in [1.165, 1.54) is 0 Å². The number of rotatable bonds is 2. The highest BCUT2D eigenvalue weighted by Gasteiger charge is 2.39. The van der Waals surface area contributed by atoms with E-state index in [0.717, 1.165) is 27.6 Å². The Labute approximate surface area is 145 Å². The molecule has 25 heavy (non-hydrogen) atoms. The van der Waals surface area contributed by atoms with Gasteiger partial charge in [-0.3, -0.25) is 4.79 Å². The number of nitrogens with one attached hydrogen (secondary N) is 1. The van der Waals surface area contributed by atoms with Crippen LogP contribution in [-0.2, 0) is 4.79 Å². The normalized spacial score (nSPS) is 20.2. The van der Waals surface area contributed by atoms with Gasteiger partial charge in [-0.05, 0) is 34.9 Å². The third kappa shape index (κ3) is 2.47. The number of benzene rings is 3. The molecule has 3 aromatic rings. The number of hydrogen-bond donors (Lipinski definition) is 2. The van der Waals surface area contributed by atoms with Gasteiger partial charge in [0.25, 0.3) is 0 Å². The lowest BCUT2D eigenvalue weighted by molar-refractivity contribution is -0.118. The second kappa shape index (κ2) is 6.06. The highest BCUT2D eigenvalue weighted by molar-refractivity contribution is 6.13. The van der Waals surface area contributed by atoms with Gasteiger partial charge in [0.2, 0.25) is 5.91 Å². The van der Waals surface area contributed by atoms with Gasteiger partial charge in [-0.1, -0.05) is 65.8 Å². The molecule has 0 spiro atoms. The monoisotopic (exact) mass is 330 g/mol. The average Bonchev–Trinajstić information content (AvgIpc) is 2.66. The fourth-order valence-corrected chi connectivity index (χ4v) is 3.78. The Morgan fingerprint density at radius 1 is 1.00 bits per heavy atom. The van der Waals surface area contributed by atoms with Crippen molar-refractivity contribution >= 4 is 28.1 Å². The van der Waals surface area contributed by atoms with Crippen LogP contribution < -0.4 is 5.32 Å². The number of carbonyl (C=O) groups excluding carboxylic acids is 1. The number of fused-ring (bicyclic) bond motifs is 3. The predicted molar refractivity (Wildman–Crippen MR) is 99.2 cm³/mol. The highest BCUT2D eigenvalue weighted by atomic mass is 16.4. The molecule has 124 valence electrons. The van der Waals surface area contributed by atoms with Gasteiger partial charge in [0.15, 0.2) is 0 Å². The summed E-state index contributed by atoms with van der Waals surface area (Å²) in [6, 6.07) is 22.0. The summed E-state index contributed by atoms with van der Waals surface area (Å²) in [6.07, 6.45) is 0. The molecule has 0 saturated carbocycles. The van der Waals surface area contributed by atoms with E-state index in [4.69, 9.17) is 0 Å². The van der Waals surface area contributed by atoms with E-state index in [1.54, 1.807) is 6.92 Å². The summed E-state index contributed by atoms with van der Waals surface area (Å²) in [5, 5.41) is 17.9. The summed E-state index contributed by atoms with van der Waals surface area (Å²) in [5.41, 5.74) is 3.32. The fraction of sp³-hybridized carbons (Fsp3) is 0.143. The van der Waals surface area contributed by atoms with Gasteiger partial charge in [0, 0.05) is 11.6 Å². The van der Waals surface area contributed by atoms with Crippen LogP contribution in [0.5, 0.6) is 0 Å². The number of anilines is 1. The van der Waals surface area contributed by atoms with Crippen molar-refractivity contribution in [3.05, 3.63) is 77.9 Å². The number of oxime groups is 1. The smallest absolute Gasteiger partial charge is 0.234 e. The number of nitrogens with zero attached hydrogens (tertiary/aromatic N) is 1. The number of amides is 1. The summed E-state index contributed by atoms with van der Waals surface area (Å²) in [7, 11) is 0. The van der Waals surface area contributed by atoms with E-state index in [2.05, 4.69) is 22.6 Å². The van der Waals surface area contributed by atoms with Gasteiger partial charge in [-0.2, -0.15) is 0 Å². The highest BCUT2D eigenvalue weighted by Crippen LogP contribution is 2.44. The lowest BCUT2D eigenvalue weighted by atomic mass is 9.73. The zero-order chi connectivity index (χ0) is 17.4. The largest absolute Gasteiger partial charge is 0.411 e. The van der Waals surface area contributed by atoms with Crippen LogP contribution in [0.2, 0.25) is 0 Å². The third-order valence-electron chi connectivity index (χ3n) is 4.92. The van der Waals surface area contributed by atoms with E-state index >= 15 is 0 Å². The van der Waals surface area contributed by atoms with Gasteiger partial charge < -0.3 is 10.5 Å². The maximum absolute atomic E-state index is 12.8. The van der Waals surface area contributed by atoms with Crippen LogP contribution in [0.25, 0.3) is 10.8 Å². The molecule has 0 bridgehead atoms. The molecule has 2 N–H and O–H groups in total. The van der Waals surface area contributed by atoms with Gasteiger partial charge in [-0.25, -0.2) is 0 Å². The molecular weight excluding hydrogens is 312 g/mol. The fourth-order valence-electron chi connectivity index (χ4n) is 3.78. The molecule has 2 atom stereocenters. The van der Waals surface area contributed by atoms with Crippen LogP contribution in [0, 0.1) is 5.92 Å². The Balaban J connectivity index is 2.05. The second-order valence-electron chi connectivity index (χ2n) is 6.34. The van der Waals surface area contributed by atoms with Crippen molar-refractivity contribution in [2.45, 2.75) is 12.8 Å². The minimum Gasteiger partial charge on any atom is -0.411 e. The van der Waals surface area contributed by atoms with Gasteiger partial charge in [0.1, 0.15) is 0 Å². The molecule has 1 heterocycles. The predicted octanol–water partition coefficient (Wildman–Crippen LogP) is 4.39. The van der Waals surface area contributed by atoms with E-state index < -0.39 is 5.92 Å². The third-order valence-corrected chi connectivity index (χ3v) is 4.92. The molecule has 4 rings (SSSR count). The molecule has 0 aliphatic carbocycles. The first-order valence-electron chi connectivity index (χ1n) is 8.26. The Hall–Kier alpha value is -3.14. The molecule has 0 radical (unpaired) electrons. The maximum Gasteiger partial charge on any atom is 0.234 e. The van der Waals surface area contributed by atoms with E-state index in [1.807, 2.05) is 54.6 Å². The van der Waals surface area contributed by atoms with Crippen LogP contribution in [0.4, 0.5) is 5.69 Å². The molecule has 1 aliphatic heterocycles. The first-order chi connectivity index (χ1) is 12.2. The van der Waals surface area contributed by atoms with Gasteiger partial charge in [0.05, 0.1) is 11.6 Å². The van der Waals surface area contributed by atoms with E-state index in [9.17, 15) is 10.0 Å². The van der Waals surface area contributed by atoms with Crippen LogP contribution in [0.1, 0.15) is 24.0 Å². The SMILES string of the molecule is C/C(=N\O)[C@H]1C(=O)Nc2ccc3ccccc3c2[C@@H]1c1ccccc1. The van der Waals surface area contributed by atoms with Crippen molar-refractivity contribution in [3.63, 3.8) is 0 Å². The standard InChI is InChI=1S/C21H18N2O2/c1-13(23-25)18-19(15-8-3-2-4-9-15)20-16-10-6-5-7-14(16)11-12-17(20)22-21(18)24/h2-12,18-19,25H,1H3,(H,22,24)/b23-13+/t18-,19-/m1/s1. The summed E-state index contributed by atoms with van der Waals surface area (Å²) < 4.78 is 0. The van der Waals surface area contributed by atoms with E-state index in [0.29, 0.717) is 5.71 Å². The van der Waals surface area contributed by atoms with E-state index in [-0.39, 0.29) is 11.8 Å². The molecule has 4 heteroatoms. The van der Waals surface area contributed by atoms with Crippen molar-refractivity contribution in [1.82, 2.24) is 0 Å². The molecule has 1 amide bonds. The second-order valence-corrected chi connectivity index (χ2v) is 6.34. The lowest BCUT2D eigenvalue weighted by Crippen LogP contribution is -2.38. The van der Waals surface area contributed by atoms with Gasteiger partial charge >= 0.3 is 0 Å². The van der Waals surface area contributed by atoms with Crippen LogP contribution in [-0.4, -0.2) is 16.8 Å². The van der Waals surface area contributed by atoms with Crippen molar-refractivity contribution in [2.24, 2.45) is 11.1 Å². The Kier molecular flexibility index (Phi) is 3.73. The zero-order valence-electron chi connectivity index (χ0n) is 13.8. The Bertz CT molecular complexity index is 980. The van der Waals surface area contributed by atoms with Crippen LogP contribution in [0.15, 0.2) is 71.9 Å². The first-order valence-corrected chi connectivity index (χ1v) is 8.26. The molecule has 0 aromatic heterocycles. The van der Waals surface area contributed by atoms with Crippen molar-refractivity contribution < 1.29 is 10.0 Å². The lowest BCUT2D eigenvalue weighted by Gasteiger charge is -2.34. The minimum atomic E-state index is -0.550. The zero-order valence-corrected chi connectivity index (χ0v) is 13.8. The molecular formula is C21H18N2O2. The summed E-state index contributed by atoms with van der Waals surface area (Å²) >= 11 is 0. The van der Waals surface area contributed by atoms with Crippen LogP contribution in [0.3, 0.4) is 0 Å². The van der Waals surface area contributed by atoms with Crippen LogP contribution >= 0.6 is 0 Å². The van der Waals surface area contributed by atoms with Crippen molar-refractivity contribution in [2.75, 3.05) is 5.32 Å². The molecule has 1 aliphatic rings. The molecule has 0 saturated heterocycles. The molecule has 3 aromatic carbocycles. The van der Waals surface area contributed by atoms with Crippen molar-refractivity contribution in [3.8, 4) is 0 Å². The molecule has 0 fully saturated rings. The Morgan fingerprint density at radius 2 is 1.72 bits per heavy atom. The summed E-state index contributed by atoms with van der Waals surface area (Å²) in [5.74, 6) is -0.899. The first kappa shape index (κ1) is 15.4. The summed E-state index contributed by atoms with van der Waals surface area (Å²) in [6.45, 7) is 1.69. The number of hydrogen-bond acceptors (Lipinski definition) is 3.